The van der Waals surface area contributed by atoms with Crippen LogP contribution in [0.1, 0.15) is 11.1 Å². The number of aromatic nitrogens is 1. The lowest BCUT2D eigenvalue weighted by Crippen LogP contribution is -2.49. The lowest BCUT2D eigenvalue weighted by molar-refractivity contribution is -0.130. The van der Waals surface area contributed by atoms with E-state index in [1.165, 1.54) is 0 Å². The standard InChI is InChI=1S/C18H17ClN4O/c19-16-10-14(12-20)3-4-17(16)22-6-8-23(9-7-22)18(24)11-15-2-1-5-21-13-15/h1-5,10,13H,6-9,11H2. The highest BCUT2D eigenvalue weighted by molar-refractivity contribution is 6.33. The monoisotopic (exact) mass is 340 g/mol. The summed E-state index contributed by atoms with van der Waals surface area (Å²) in [4.78, 5) is 20.4. The first-order valence-corrected chi connectivity index (χ1v) is 8.16. The molecule has 5 nitrogen and oxygen atoms in total. The number of hydrogen-bond acceptors (Lipinski definition) is 4. The fourth-order valence-electron chi connectivity index (χ4n) is 2.82. The minimum Gasteiger partial charge on any atom is -0.367 e. The van der Waals surface area contributed by atoms with Crippen LogP contribution in [0.15, 0.2) is 42.7 Å². The molecule has 1 aromatic carbocycles. The number of piperazine rings is 1. The molecule has 0 spiro atoms. The van der Waals surface area contributed by atoms with Crippen molar-refractivity contribution in [3.05, 3.63) is 58.9 Å². The molecule has 2 heterocycles. The topological polar surface area (TPSA) is 60.2 Å². The Morgan fingerprint density at radius 1 is 1.25 bits per heavy atom. The average molecular weight is 341 g/mol. The molecule has 3 rings (SSSR count). The van der Waals surface area contributed by atoms with Crippen molar-refractivity contribution in [2.24, 2.45) is 0 Å². The van der Waals surface area contributed by atoms with Gasteiger partial charge < -0.3 is 9.80 Å². The second kappa shape index (κ2) is 7.33. The number of nitrogens with zero attached hydrogens (tertiary/aromatic N) is 4. The van der Waals surface area contributed by atoms with E-state index < -0.39 is 0 Å². The molecule has 0 saturated carbocycles. The second-order valence-electron chi connectivity index (χ2n) is 5.68. The van der Waals surface area contributed by atoms with Gasteiger partial charge in [0.2, 0.25) is 5.91 Å². The molecule has 1 aliphatic heterocycles. The van der Waals surface area contributed by atoms with E-state index in [9.17, 15) is 4.79 Å². The highest BCUT2D eigenvalue weighted by Crippen LogP contribution is 2.27. The predicted molar refractivity (Wildman–Crippen MR) is 92.9 cm³/mol. The third-order valence-electron chi connectivity index (χ3n) is 4.13. The molecule has 122 valence electrons. The van der Waals surface area contributed by atoms with Crippen LogP contribution in [0.25, 0.3) is 0 Å². The Morgan fingerprint density at radius 3 is 2.67 bits per heavy atom. The molecule has 1 fully saturated rings. The molecule has 0 atom stereocenters. The molecule has 1 aromatic heterocycles. The zero-order valence-electron chi connectivity index (χ0n) is 13.2. The van der Waals surface area contributed by atoms with Crippen molar-refractivity contribution in [3.63, 3.8) is 0 Å². The molecule has 1 amide bonds. The van der Waals surface area contributed by atoms with Gasteiger partial charge in [0.15, 0.2) is 0 Å². The number of carbonyl (C=O) groups is 1. The number of rotatable bonds is 3. The average Bonchev–Trinajstić information content (AvgIpc) is 2.62. The fourth-order valence-corrected chi connectivity index (χ4v) is 3.12. The summed E-state index contributed by atoms with van der Waals surface area (Å²) in [5.74, 6) is 0.119. The van der Waals surface area contributed by atoms with E-state index in [0.29, 0.717) is 30.1 Å². The Balaban J connectivity index is 1.60. The molecule has 1 aliphatic rings. The van der Waals surface area contributed by atoms with Gasteiger partial charge in [0.1, 0.15) is 0 Å². The Bertz CT molecular complexity index is 764. The maximum absolute atomic E-state index is 12.4. The van der Waals surface area contributed by atoms with Gasteiger partial charge >= 0.3 is 0 Å². The first-order valence-electron chi connectivity index (χ1n) is 7.78. The van der Waals surface area contributed by atoms with Crippen LogP contribution in [0.4, 0.5) is 5.69 Å². The molecular weight excluding hydrogens is 324 g/mol. The van der Waals surface area contributed by atoms with Crippen molar-refractivity contribution in [1.82, 2.24) is 9.88 Å². The van der Waals surface area contributed by atoms with Crippen LogP contribution in [0.5, 0.6) is 0 Å². The molecule has 0 aliphatic carbocycles. The number of carbonyl (C=O) groups excluding carboxylic acids is 1. The first-order chi connectivity index (χ1) is 11.7. The van der Waals surface area contributed by atoms with E-state index in [-0.39, 0.29) is 5.91 Å². The summed E-state index contributed by atoms with van der Waals surface area (Å²) in [5.41, 5.74) is 2.39. The summed E-state index contributed by atoms with van der Waals surface area (Å²) < 4.78 is 0. The van der Waals surface area contributed by atoms with Gasteiger partial charge in [0, 0.05) is 38.6 Å². The molecule has 0 radical (unpaired) electrons. The molecular formula is C18H17ClN4O. The van der Waals surface area contributed by atoms with E-state index in [4.69, 9.17) is 16.9 Å². The van der Waals surface area contributed by atoms with E-state index in [0.717, 1.165) is 24.3 Å². The van der Waals surface area contributed by atoms with E-state index in [2.05, 4.69) is 16.0 Å². The van der Waals surface area contributed by atoms with E-state index >= 15 is 0 Å². The lowest BCUT2D eigenvalue weighted by Gasteiger charge is -2.36. The number of nitriles is 1. The summed E-state index contributed by atoms with van der Waals surface area (Å²) in [6, 6.07) is 11.1. The van der Waals surface area contributed by atoms with Gasteiger partial charge in [-0.1, -0.05) is 17.7 Å². The first kappa shape index (κ1) is 16.3. The molecule has 1 saturated heterocycles. The lowest BCUT2D eigenvalue weighted by atomic mass is 10.1. The molecule has 24 heavy (non-hydrogen) atoms. The quantitative estimate of drug-likeness (QED) is 0.861. The Kier molecular flexibility index (Phi) is 4.97. The van der Waals surface area contributed by atoms with Crippen LogP contribution < -0.4 is 4.90 Å². The highest BCUT2D eigenvalue weighted by atomic mass is 35.5. The number of hydrogen-bond donors (Lipinski definition) is 0. The molecule has 0 unspecified atom stereocenters. The number of benzene rings is 1. The van der Waals surface area contributed by atoms with Gasteiger partial charge in [-0.15, -0.1) is 0 Å². The number of halogens is 1. The third-order valence-corrected chi connectivity index (χ3v) is 4.43. The third kappa shape index (κ3) is 3.66. The molecule has 0 bridgehead atoms. The zero-order chi connectivity index (χ0) is 16.9. The van der Waals surface area contributed by atoms with Crippen molar-refractivity contribution in [3.8, 4) is 6.07 Å². The normalized spacial score (nSPS) is 14.3. The molecule has 2 aromatic rings. The largest absolute Gasteiger partial charge is 0.367 e. The van der Waals surface area contributed by atoms with Crippen LogP contribution in [-0.2, 0) is 11.2 Å². The summed E-state index contributed by atoms with van der Waals surface area (Å²) in [6.45, 7) is 2.78. The van der Waals surface area contributed by atoms with Crippen LogP contribution in [-0.4, -0.2) is 42.0 Å². The fraction of sp³-hybridized carbons (Fsp3) is 0.278. The second-order valence-corrected chi connectivity index (χ2v) is 6.09. The van der Waals surface area contributed by atoms with Gasteiger partial charge in [-0.05, 0) is 29.8 Å². The maximum atomic E-state index is 12.4. The van der Waals surface area contributed by atoms with Crippen molar-refractivity contribution in [2.75, 3.05) is 31.1 Å². The summed E-state index contributed by atoms with van der Waals surface area (Å²) in [5, 5.41) is 9.48. The molecule has 6 heteroatoms. The van der Waals surface area contributed by atoms with Crippen molar-refractivity contribution >= 4 is 23.2 Å². The van der Waals surface area contributed by atoms with Gasteiger partial charge in [0.25, 0.3) is 0 Å². The summed E-state index contributed by atoms with van der Waals surface area (Å²) in [7, 11) is 0. The number of anilines is 1. The Labute approximate surface area is 146 Å². The SMILES string of the molecule is N#Cc1ccc(N2CCN(C(=O)Cc3cccnc3)CC2)c(Cl)c1. The molecule has 0 N–H and O–H groups in total. The van der Waals surface area contributed by atoms with Crippen LogP contribution >= 0.6 is 11.6 Å². The number of amides is 1. The number of pyridine rings is 1. The Hall–Kier alpha value is -2.58. The smallest absolute Gasteiger partial charge is 0.227 e. The van der Waals surface area contributed by atoms with Crippen molar-refractivity contribution in [2.45, 2.75) is 6.42 Å². The van der Waals surface area contributed by atoms with Gasteiger partial charge in [-0.25, -0.2) is 0 Å². The maximum Gasteiger partial charge on any atom is 0.227 e. The Morgan fingerprint density at radius 2 is 2.04 bits per heavy atom. The zero-order valence-corrected chi connectivity index (χ0v) is 13.9. The van der Waals surface area contributed by atoms with Crippen molar-refractivity contribution < 1.29 is 4.79 Å². The van der Waals surface area contributed by atoms with E-state index in [1.807, 2.05) is 23.1 Å². The van der Waals surface area contributed by atoms with Crippen LogP contribution in [0.2, 0.25) is 5.02 Å². The van der Waals surface area contributed by atoms with E-state index in [1.54, 1.807) is 24.5 Å². The van der Waals surface area contributed by atoms with Crippen LogP contribution in [0.3, 0.4) is 0 Å². The van der Waals surface area contributed by atoms with Gasteiger partial charge in [-0.3, -0.25) is 9.78 Å². The summed E-state index contributed by atoms with van der Waals surface area (Å²) >= 11 is 6.27. The highest BCUT2D eigenvalue weighted by Gasteiger charge is 2.22. The van der Waals surface area contributed by atoms with Gasteiger partial charge in [-0.2, -0.15) is 5.26 Å². The minimum absolute atomic E-state index is 0.119. The van der Waals surface area contributed by atoms with Crippen LogP contribution in [0, 0.1) is 11.3 Å². The summed E-state index contributed by atoms with van der Waals surface area (Å²) in [6.07, 6.45) is 3.81. The minimum atomic E-state index is 0.119. The predicted octanol–water partition coefficient (Wildman–Crippen LogP) is 2.50. The van der Waals surface area contributed by atoms with Gasteiger partial charge in [0.05, 0.1) is 28.8 Å². The van der Waals surface area contributed by atoms with Crippen molar-refractivity contribution in [1.29, 1.82) is 5.26 Å².